The van der Waals surface area contributed by atoms with E-state index in [1.807, 2.05) is 12.2 Å². The van der Waals surface area contributed by atoms with Crippen molar-refractivity contribution < 1.29 is 14.7 Å². The van der Waals surface area contributed by atoms with E-state index in [1.54, 1.807) is 4.90 Å². The van der Waals surface area contributed by atoms with Crippen molar-refractivity contribution in [2.75, 3.05) is 13.1 Å². The number of carboxylic acid groups (broad SMARTS) is 1. The Kier molecular flexibility index (Phi) is 2.93. The van der Waals surface area contributed by atoms with Crippen molar-refractivity contribution in [3.05, 3.63) is 12.2 Å². The largest absolute Gasteiger partial charge is 0.480 e. The van der Waals surface area contributed by atoms with Gasteiger partial charge >= 0.3 is 5.97 Å². The summed E-state index contributed by atoms with van der Waals surface area (Å²) in [4.78, 5) is 24.2. The highest BCUT2D eigenvalue weighted by atomic mass is 16.4. The summed E-state index contributed by atoms with van der Waals surface area (Å²) in [6.45, 7) is 4.02. The summed E-state index contributed by atoms with van der Waals surface area (Å²) in [5.41, 5.74) is -1.31. The van der Waals surface area contributed by atoms with E-state index in [1.165, 1.54) is 13.8 Å². The van der Waals surface area contributed by atoms with E-state index in [4.69, 9.17) is 5.11 Å². The molecular formula is C10H15NO3. The van der Waals surface area contributed by atoms with E-state index in [2.05, 4.69) is 0 Å². The minimum absolute atomic E-state index is 0.311. The van der Waals surface area contributed by atoms with Gasteiger partial charge in [0.15, 0.2) is 0 Å². The first-order chi connectivity index (χ1) is 6.46. The van der Waals surface area contributed by atoms with Crippen LogP contribution in [0.15, 0.2) is 12.2 Å². The van der Waals surface area contributed by atoms with Crippen LogP contribution >= 0.6 is 0 Å². The maximum Gasteiger partial charge on any atom is 0.318 e. The molecule has 1 rings (SSSR count). The Morgan fingerprint density at radius 2 is 2.00 bits per heavy atom. The standard InChI is InChI=1S/C10H15NO3/c1-10(2,9(13)14)8(12)11-6-4-3-5-7-11/h3-4H,5-7H2,1-2H3,(H,13,14). The molecule has 0 unspecified atom stereocenters. The van der Waals surface area contributed by atoms with Gasteiger partial charge in [0, 0.05) is 13.1 Å². The minimum atomic E-state index is -1.31. The highest BCUT2D eigenvalue weighted by molar-refractivity contribution is 6.01. The number of hydrogen-bond acceptors (Lipinski definition) is 2. The van der Waals surface area contributed by atoms with Crippen molar-refractivity contribution in [1.82, 2.24) is 4.90 Å². The number of amides is 1. The molecule has 1 aliphatic heterocycles. The van der Waals surface area contributed by atoms with Crippen molar-refractivity contribution in [2.24, 2.45) is 5.41 Å². The second-order valence-electron chi connectivity index (χ2n) is 3.94. The van der Waals surface area contributed by atoms with E-state index in [-0.39, 0.29) is 5.91 Å². The van der Waals surface area contributed by atoms with Gasteiger partial charge in [-0.25, -0.2) is 0 Å². The smallest absolute Gasteiger partial charge is 0.318 e. The molecule has 0 aromatic rings. The van der Waals surface area contributed by atoms with Gasteiger partial charge < -0.3 is 10.0 Å². The lowest BCUT2D eigenvalue weighted by atomic mass is 9.91. The molecule has 14 heavy (non-hydrogen) atoms. The topological polar surface area (TPSA) is 57.6 Å². The maximum absolute atomic E-state index is 11.8. The molecule has 1 aliphatic rings. The normalized spacial score (nSPS) is 16.9. The van der Waals surface area contributed by atoms with E-state index < -0.39 is 11.4 Å². The fourth-order valence-electron chi connectivity index (χ4n) is 1.31. The number of hydrogen-bond donors (Lipinski definition) is 1. The summed E-state index contributed by atoms with van der Waals surface area (Å²) < 4.78 is 0. The van der Waals surface area contributed by atoms with Gasteiger partial charge in [-0.2, -0.15) is 0 Å². The minimum Gasteiger partial charge on any atom is -0.480 e. The van der Waals surface area contributed by atoms with Crippen molar-refractivity contribution in [3.63, 3.8) is 0 Å². The Morgan fingerprint density at radius 3 is 2.43 bits per heavy atom. The van der Waals surface area contributed by atoms with Crippen LogP contribution in [0.25, 0.3) is 0 Å². The molecule has 0 aromatic heterocycles. The van der Waals surface area contributed by atoms with Gasteiger partial charge in [0.05, 0.1) is 0 Å². The van der Waals surface area contributed by atoms with E-state index in [9.17, 15) is 9.59 Å². The summed E-state index contributed by atoms with van der Waals surface area (Å²) in [6, 6.07) is 0. The highest BCUT2D eigenvalue weighted by Gasteiger charge is 2.38. The SMILES string of the molecule is CC(C)(C(=O)O)C(=O)N1CC=CCC1. The molecule has 4 nitrogen and oxygen atoms in total. The molecule has 0 saturated heterocycles. The van der Waals surface area contributed by atoms with Gasteiger partial charge in [-0.3, -0.25) is 9.59 Å². The molecular weight excluding hydrogens is 182 g/mol. The van der Waals surface area contributed by atoms with Crippen molar-refractivity contribution in [1.29, 1.82) is 0 Å². The molecule has 78 valence electrons. The van der Waals surface area contributed by atoms with Gasteiger partial charge in [0.25, 0.3) is 0 Å². The molecule has 0 bridgehead atoms. The summed E-state index contributed by atoms with van der Waals surface area (Å²) in [7, 11) is 0. The lowest BCUT2D eigenvalue weighted by Crippen LogP contribution is -2.46. The van der Waals surface area contributed by atoms with Crippen molar-refractivity contribution in [3.8, 4) is 0 Å². The van der Waals surface area contributed by atoms with Gasteiger partial charge in [-0.15, -0.1) is 0 Å². The predicted molar refractivity (Wildman–Crippen MR) is 51.8 cm³/mol. The third-order valence-corrected chi connectivity index (χ3v) is 2.41. The maximum atomic E-state index is 11.8. The van der Waals surface area contributed by atoms with Crippen molar-refractivity contribution in [2.45, 2.75) is 20.3 Å². The van der Waals surface area contributed by atoms with Gasteiger partial charge in [0.2, 0.25) is 5.91 Å². The molecule has 0 fully saturated rings. The van der Waals surface area contributed by atoms with Gasteiger partial charge in [0.1, 0.15) is 5.41 Å². The fourth-order valence-corrected chi connectivity index (χ4v) is 1.31. The fraction of sp³-hybridized carbons (Fsp3) is 0.600. The second-order valence-corrected chi connectivity index (χ2v) is 3.94. The zero-order valence-corrected chi connectivity index (χ0v) is 8.49. The molecule has 0 aliphatic carbocycles. The summed E-state index contributed by atoms with van der Waals surface area (Å²) >= 11 is 0. The summed E-state index contributed by atoms with van der Waals surface area (Å²) in [5.74, 6) is -1.38. The molecule has 0 spiro atoms. The van der Waals surface area contributed by atoms with Crippen LogP contribution in [-0.4, -0.2) is 35.0 Å². The monoisotopic (exact) mass is 197 g/mol. The predicted octanol–water partition coefficient (Wildman–Crippen LogP) is 0.886. The van der Waals surface area contributed by atoms with Gasteiger partial charge in [-0.05, 0) is 20.3 Å². The Morgan fingerprint density at radius 1 is 1.36 bits per heavy atom. The lowest BCUT2D eigenvalue weighted by molar-refractivity contribution is -0.158. The Labute approximate surface area is 83.2 Å². The first kappa shape index (κ1) is 10.8. The number of carbonyl (C=O) groups is 2. The Hall–Kier alpha value is -1.32. The molecule has 1 amide bonds. The number of rotatable bonds is 2. The van der Waals surface area contributed by atoms with Crippen LogP contribution in [-0.2, 0) is 9.59 Å². The summed E-state index contributed by atoms with van der Waals surface area (Å²) in [6.07, 6.45) is 4.69. The number of carboxylic acids is 1. The highest BCUT2D eigenvalue weighted by Crippen LogP contribution is 2.20. The molecule has 0 aromatic carbocycles. The molecule has 0 saturated carbocycles. The van der Waals surface area contributed by atoms with Crippen LogP contribution in [0.4, 0.5) is 0 Å². The number of aliphatic carboxylic acids is 1. The van der Waals surface area contributed by atoms with Crippen LogP contribution in [0, 0.1) is 5.41 Å². The van der Waals surface area contributed by atoms with E-state index in [0.717, 1.165) is 6.42 Å². The van der Waals surface area contributed by atoms with Crippen LogP contribution in [0.2, 0.25) is 0 Å². The molecule has 0 atom stereocenters. The zero-order chi connectivity index (χ0) is 10.8. The van der Waals surface area contributed by atoms with E-state index >= 15 is 0 Å². The third kappa shape index (κ3) is 1.95. The van der Waals surface area contributed by atoms with Crippen LogP contribution in [0.3, 0.4) is 0 Å². The lowest BCUT2D eigenvalue weighted by Gasteiger charge is -2.29. The first-order valence-corrected chi connectivity index (χ1v) is 4.64. The Balaban J connectivity index is 2.73. The molecule has 0 radical (unpaired) electrons. The van der Waals surface area contributed by atoms with E-state index in [0.29, 0.717) is 13.1 Å². The number of nitrogens with zero attached hydrogens (tertiary/aromatic N) is 1. The van der Waals surface area contributed by atoms with Crippen molar-refractivity contribution >= 4 is 11.9 Å². The first-order valence-electron chi connectivity index (χ1n) is 4.64. The average molecular weight is 197 g/mol. The zero-order valence-electron chi connectivity index (χ0n) is 8.49. The number of carbonyl (C=O) groups excluding carboxylic acids is 1. The third-order valence-electron chi connectivity index (χ3n) is 2.41. The molecule has 1 heterocycles. The van der Waals surface area contributed by atoms with Gasteiger partial charge in [-0.1, -0.05) is 12.2 Å². The average Bonchev–Trinajstić information content (AvgIpc) is 2.17. The molecule has 4 heteroatoms. The summed E-state index contributed by atoms with van der Waals surface area (Å²) in [5, 5.41) is 8.88. The quantitative estimate of drug-likeness (QED) is 0.528. The van der Waals surface area contributed by atoms with Crippen LogP contribution in [0.1, 0.15) is 20.3 Å². The Bertz CT molecular complexity index is 281. The van der Waals surface area contributed by atoms with Crippen LogP contribution < -0.4 is 0 Å². The molecule has 1 N–H and O–H groups in total. The van der Waals surface area contributed by atoms with Crippen LogP contribution in [0.5, 0.6) is 0 Å². The second kappa shape index (κ2) is 3.82.